The normalized spacial score (nSPS) is 22.6. The summed E-state index contributed by atoms with van der Waals surface area (Å²) in [5.41, 5.74) is 1.90. The van der Waals surface area contributed by atoms with Gasteiger partial charge in [0.1, 0.15) is 11.5 Å². The molecule has 2 heterocycles. The molecule has 1 saturated carbocycles. The van der Waals surface area contributed by atoms with Crippen molar-refractivity contribution in [1.82, 2.24) is 9.80 Å². The Bertz CT molecular complexity index is 926. The summed E-state index contributed by atoms with van der Waals surface area (Å²) in [6.45, 7) is 7.54. The largest absolute Gasteiger partial charge is 0.497 e. The first kappa shape index (κ1) is 23.0. The third-order valence-corrected chi connectivity index (χ3v) is 7.80. The van der Waals surface area contributed by atoms with E-state index in [1.807, 2.05) is 41.3 Å². The first-order chi connectivity index (χ1) is 16.7. The van der Waals surface area contributed by atoms with Gasteiger partial charge in [-0.3, -0.25) is 4.79 Å². The maximum Gasteiger partial charge on any atom is 0.253 e. The van der Waals surface area contributed by atoms with Crippen molar-refractivity contribution in [2.45, 2.75) is 25.7 Å². The van der Waals surface area contributed by atoms with Crippen molar-refractivity contribution in [2.75, 3.05) is 64.4 Å². The molecule has 6 heteroatoms. The van der Waals surface area contributed by atoms with E-state index in [2.05, 4.69) is 21.9 Å². The average Bonchev–Trinajstić information content (AvgIpc) is 3.49. The third-order valence-electron chi connectivity index (χ3n) is 7.80. The van der Waals surface area contributed by atoms with Crippen LogP contribution in [0.1, 0.15) is 36.0 Å². The van der Waals surface area contributed by atoms with E-state index in [-0.39, 0.29) is 5.91 Å². The number of ether oxygens (including phenoxy) is 2. The van der Waals surface area contributed by atoms with Gasteiger partial charge in [-0.15, -0.1) is 0 Å². The Hall–Kier alpha value is -2.73. The summed E-state index contributed by atoms with van der Waals surface area (Å²) < 4.78 is 11.2. The highest BCUT2D eigenvalue weighted by atomic mass is 16.5. The monoisotopic (exact) mass is 463 g/mol. The van der Waals surface area contributed by atoms with E-state index in [0.29, 0.717) is 0 Å². The van der Waals surface area contributed by atoms with Crippen LogP contribution in [-0.2, 0) is 0 Å². The number of carbonyl (C=O) groups is 1. The van der Waals surface area contributed by atoms with Gasteiger partial charge in [0.15, 0.2) is 0 Å². The molecule has 34 heavy (non-hydrogen) atoms. The van der Waals surface area contributed by atoms with Crippen LogP contribution in [0, 0.1) is 11.8 Å². The summed E-state index contributed by atoms with van der Waals surface area (Å²) in [7, 11) is 1.68. The number of piperazine rings is 1. The molecule has 2 aliphatic heterocycles. The van der Waals surface area contributed by atoms with Gasteiger partial charge >= 0.3 is 0 Å². The molecule has 182 valence electrons. The Balaban J connectivity index is 1.03. The van der Waals surface area contributed by atoms with Gasteiger partial charge in [0.25, 0.3) is 5.91 Å². The number of rotatable bonds is 8. The molecular weight excluding hydrogens is 426 g/mol. The molecule has 0 spiro atoms. The minimum Gasteiger partial charge on any atom is -0.497 e. The number of likely N-dealkylation sites (tertiary alicyclic amines) is 1. The summed E-state index contributed by atoms with van der Waals surface area (Å²) in [6, 6.07) is 15.8. The van der Waals surface area contributed by atoms with Gasteiger partial charge in [0.2, 0.25) is 0 Å². The third kappa shape index (κ3) is 5.33. The summed E-state index contributed by atoms with van der Waals surface area (Å²) in [5, 5.41) is 0. The highest BCUT2D eigenvalue weighted by molar-refractivity contribution is 5.94. The number of anilines is 1. The quantitative estimate of drug-likeness (QED) is 0.550. The lowest BCUT2D eigenvalue weighted by molar-refractivity contribution is 0.0746. The first-order valence-corrected chi connectivity index (χ1v) is 12.8. The molecule has 2 unspecified atom stereocenters. The minimum absolute atomic E-state index is 0.0977. The second kappa shape index (κ2) is 10.7. The van der Waals surface area contributed by atoms with Gasteiger partial charge in [0, 0.05) is 57.1 Å². The van der Waals surface area contributed by atoms with Gasteiger partial charge in [-0.2, -0.15) is 0 Å². The van der Waals surface area contributed by atoms with Gasteiger partial charge in [-0.05, 0) is 79.6 Å². The van der Waals surface area contributed by atoms with Crippen molar-refractivity contribution in [3.63, 3.8) is 0 Å². The van der Waals surface area contributed by atoms with Crippen LogP contribution in [0.25, 0.3) is 0 Å². The van der Waals surface area contributed by atoms with Crippen molar-refractivity contribution in [3.8, 4) is 11.5 Å². The van der Waals surface area contributed by atoms with E-state index in [1.165, 1.54) is 38.0 Å². The van der Waals surface area contributed by atoms with Crippen LogP contribution in [0.15, 0.2) is 48.5 Å². The van der Waals surface area contributed by atoms with Crippen LogP contribution in [0.2, 0.25) is 0 Å². The lowest BCUT2D eigenvalue weighted by atomic mass is 10.0. The van der Waals surface area contributed by atoms with Gasteiger partial charge in [0.05, 0.1) is 13.7 Å². The number of benzene rings is 2. The zero-order valence-corrected chi connectivity index (χ0v) is 20.3. The molecule has 2 aromatic rings. The van der Waals surface area contributed by atoms with Crippen LogP contribution < -0.4 is 14.4 Å². The van der Waals surface area contributed by atoms with Crippen molar-refractivity contribution < 1.29 is 14.3 Å². The molecule has 3 fully saturated rings. The summed E-state index contributed by atoms with van der Waals surface area (Å²) in [6.07, 6.45) is 5.35. The van der Waals surface area contributed by atoms with Crippen molar-refractivity contribution >= 4 is 11.6 Å². The molecule has 0 radical (unpaired) electrons. The maximum atomic E-state index is 13.0. The van der Waals surface area contributed by atoms with Gasteiger partial charge in [-0.1, -0.05) is 6.42 Å². The predicted octanol–water partition coefficient (Wildman–Crippen LogP) is 4.16. The summed E-state index contributed by atoms with van der Waals surface area (Å²) in [4.78, 5) is 19.9. The molecule has 0 bridgehead atoms. The second-order valence-electron chi connectivity index (χ2n) is 9.91. The topological polar surface area (TPSA) is 45.3 Å². The minimum atomic E-state index is 0.0977. The van der Waals surface area contributed by atoms with E-state index in [4.69, 9.17) is 9.47 Å². The Morgan fingerprint density at radius 3 is 2.18 bits per heavy atom. The Morgan fingerprint density at radius 1 is 0.882 bits per heavy atom. The zero-order valence-electron chi connectivity index (χ0n) is 20.3. The highest BCUT2D eigenvalue weighted by Crippen LogP contribution is 2.37. The molecule has 0 N–H and O–H groups in total. The van der Waals surface area contributed by atoms with E-state index < -0.39 is 0 Å². The van der Waals surface area contributed by atoms with E-state index in [1.54, 1.807) is 7.11 Å². The van der Waals surface area contributed by atoms with E-state index >= 15 is 0 Å². The van der Waals surface area contributed by atoms with E-state index in [0.717, 1.165) is 74.6 Å². The zero-order chi connectivity index (χ0) is 23.3. The smallest absolute Gasteiger partial charge is 0.253 e. The molecule has 0 aromatic heterocycles. The van der Waals surface area contributed by atoms with Crippen LogP contribution in [0.4, 0.5) is 5.69 Å². The number of fused-ring (bicyclic) bond motifs is 1. The van der Waals surface area contributed by atoms with Crippen LogP contribution in [0.3, 0.4) is 0 Å². The standard InChI is InChI=1S/C28H37N3O3/c1-33-26-12-8-25(9-13-26)30-15-17-31(18-16-30)28(32)22-6-10-27(11-7-22)34-19-3-14-29-20-23-4-2-5-24(23)21-29/h6-13,23-24H,2-5,14-21H2,1H3. The van der Waals surface area contributed by atoms with Crippen LogP contribution in [-0.4, -0.2) is 75.2 Å². The number of nitrogens with zero attached hydrogens (tertiary/aromatic N) is 3. The fourth-order valence-corrected chi connectivity index (χ4v) is 5.83. The number of amides is 1. The Labute approximate surface area is 203 Å². The van der Waals surface area contributed by atoms with Gasteiger partial charge in [-0.25, -0.2) is 0 Å². The Morgan fingerprint density at radius 2 is 1.53 bits per heavy atom. The molecule has 3 aliphatic rings. The highest BCUT2D eigenvalue weighted by Gasteiger charge is 2.35. The SMILES string of the molecule is COc1ccc(N2CCN(C(=O)c3ccc(OCCCN4CC5CCCC5C4)cc3)CC2)cc1. The number of carbonyl (C=O) groups excluding carboxylic acids is 1. The van der Waals surface area contributed by atoms with Crippen molar-refractivity contribution in [3.05, 3.63) is 54.1 Å². The fraction of sp³-hybridized carbons (Fsp3) is 0.536. The van der Waals surface area contributed by atoms with Gasteiger partial charge < -0.3 is 24.2 Å². The van der Waals surface area contributed by atoms with Crippen LogP contribution >= 0.6 is 0 Å². The molecule has 2 atom stereocenters. The van der Waals surface area contributed by atoms with E-state index in [9.17, 15) is 4.79 Å². The molecule has 1 aliphatic carbocycles. The lowest BCUT2D eigenvalue weighted by Gasteiger charge is -2.36. The maximum absolute atomic E-state index is 13.0. The molecule has 2 aromatic carbocycles. The summed E-state index contributed by atoms with van der Waals surface area (Å²) in [5.74, 6) is 3.71. The number of methoxy groups -OCH3 is 1. The first-order valence-electron chi connectivity index (χ1n) is 12.8. The number of hydrogen-bond acceptors (Lipinski definition) is 5. The lowest BCUT2D eigenvalue weighted by Crippen LogP contribution is -2.48. The average molecular weight is 464 g/mol. The summed E-state index contributed by atoms with van der Waals surface area (Å²) >= 11 is 0. The molecule has 5 rings (SSSR count). The molecule has 1 amide bonds. The molecule has 6 nitrogen and oxygen atoms in total. The predicted molar refractivity (Wildman–Crippen MR) is 135 cm³/mol. The van der Waals surface area contributed by atoms with Crippen molar-refractivity contribution in [2.24, 2.45) is 11.8 Å². The molecule has 2 saturated heterocycles. The fourth-order valence-electron chi connectivity index (χ4n) is 5.83. The molecular formula is C28H37N3O3. The van der Waals surface area contributed by atoms with Crippen LogP contribution in [0.5, 0.6) is 11.5 Å². The van der Waals surface area contributed by atoms with Crippen molar-refractivity contribution in [1.29, 1.82) is 0 Å². The Kier molecular flexibility index (Phi) is 7.24. The second-order valence-corrected chi connectivity index (χ2v) is 9.91. The number of hydrogen-bond donors (Lipinski definition) is 0.